The van der Waals surface area contributed by atoms with E-state index in [2.05, 4.69) is 36.8 Å². The van der Waals surface area contributed by atoms with Crippen molar-refractivity contribution in [3.05, 3.63) is 34.6 Å². The van der Waals surface area contributed by atoms with Crippen molar-refractivity contribution in [2.75, 3.05) is 7.11 Å². The average molecular weight is 396 g/mol. The standard InChI is InChI=1S/C15H18BrN5O3/c1-4-9(2)13(15(23)24-3)18-14(22)11-7-10(16)5-6-12(11)21-8-17-19-20-21/h5-9,13H,4H2,1-3H3,(H,18,22)/t9-,13+/m1/s1. The van der Waals surface area contributed by atoms with Gasteiger partial charge in [0.05, 0.1) is 18.4 Å². The van der Waals surface area contributed by atoms with Crippen molar-refractivity contribution < 1.29 is 14.3 Å². The quantitative estimate of drug-likeness (QED) is 0.747. The van der Waals surface area contributed by atoms with Crippen molar-refractivity contribution in [3.8, 4) is 5.69 Å². The van der Waals surface area contributed by atoms with E-state index in [9.17, 15) is 9.59 Å². The van der Waals surface area contributed by atoms with Crippen LogP contribution in [-0.2, 0) is 9.53 Å². The van der Waals surface area contributed by atoms with Gasteiger partial charge in [-0.15, -0.1) is 5.10 Å². The van der Waals surface area contributed by atoms with Crippen LogP contribution in [-0.4, -0.2) is 45.2 Å². The summed E-state index contributed by atoms with van der Waals surface area (Å²) in [4.78, 5) is 24.7. The zero-order chi connectivity index (χ0) is 17.7. The number of aromatic nitrogens is 4. The predicted molar refractivity (Wildman–Crippen MR) is 89.6 cm³/mol. The number of carbonyl (C=O) groups is 2. The van der Waals surface area contributed by atoms with Gasteiger partial charge in [-0.1, -0.05) is 36.2 Å². The maximum atomic E-state index is 12.7. The summed E-state index contributed by atoms with van der Waals surface area (Å²) < 4.78 is 6.91. The Morgan fingerprint density at radius 3 is 2.75 bits per heavy atom. The van der Waals surface area contributed by atoms with Crippen LogP contribution in [0.4, 0.5) is 0 Å². The number of nitrogens with one attached hydrogen (secondary N) is 1. The number of esters is 1. The Bertz CT molecular complexity index is 720. The van der Waals surface area contributed by atoms with Gasteiger partial charge in [0.1, 0.15) is 12.4 Å². The van der Waals surface area contributed by atoms with Crippen LogP contribution in [0, 0.1) is 5.92 Å². The molecule has 1 amide bonds. The number of methoxy groups -OCH3 is 1. The summed E-state index contributed by atoms with van der Waals surface area (Å²) in [6.45, 7) is 3.82. The number of ether oxygens (including phenoxy) is 1. The summed E-state index contributed by atoms with van der Waals surface area (Å²) in [6.07, 6.45) is 2.12. The third-order valence-corrected chi connectivity index (χ3v) is 4.25. The molecule has 0 aliphatic heterocycles. The van der Waals surface area contributed by atoms with Crippen molar-refractivity contribution in [2.45, 2.75) is 26.3 Å². The Morgan fingerprint density at radius 2 is 2.17 bits per heavy atom. The van der Waals surface area contributed by atoms with E-state index in [0.717, 1.165) is 10.9 Å². The molecule has 9 heteroatoms. The van der Waals surface area contributed by atoms with Gasteiger partial charge >= 0.3 is 5.97 Å². The number of amides is 1. The van der Waals surface area contributed by atoms with E-state index in [1.807, 2.05) is 13.8 Å². The number of nitrogens with zero attached hydrogens (tertiary/aromatic N) is 4. The minimum atomic E-state index is -0.729. The second-order valence-corrected chi connectivity index (χ2v) is 6.19. The molecule has 1 aromatic heterocycles. The Balaban J connectivity index is 2.35. The zero-order valence-electron chi connectivity index (χ0n) is 13.6. The highest BCUT2D eigenvalue weighted by molar-refractivity contribution is 9.10. The summed E-state index contributed by atoms with van der Waals surface area (Å²) in [5.41, 5.74) is 0.849. The largest absolute Gasteiger partial charge is 0.467 e. The second-order valence-electron chi connectivity index (χ2n) is 5.28. The van der Waals surface area contributed by atoms with Crippen LogP contribution in [0.1, 0.15) is 30.6 Å². The van der Waals surface area contributed by atoms with Crippen LogP contribution in [0.3, 0.4) is 0 Å². The van der Waals surface area contributed by atoms with Crippen molar-refractivity contribution >= 4 is 27.8 Å². The van der Waals surface area contributed by atoms with E-state index in [1.54, 1.807) is 18.2 Å². The minimum absolute atomic E-state index is 0.0648. The molecule has 24 heavy (non-hydrogen) atoms. The number of hydrogen-bond donors (Lipinski definition) is 1. The van der Waals surface area contributed by atoms with Gasteiger partial charge in [-0.25, -0.2) is 4.79 Å². The smallest absolute Gasteiger partial charge is 0.328 e. The summed E-state index contributed by atoms with van der Waals surface area (Å²) in [7, 11) is 1.30. The van der Waals surface area contributed by atoms with Gasteiger partial charge in [-0.3, -0.25) is 4.79 Å². The first-order chi connectivity index (χ1) is 11.5. The first kappa shape index (κ1) is 18.1. The van der Waals surface area contributed by atoms with Gasteiger partial charge in [0, 0.05) is 4.47 Å². The van der Waals surface area contributed by atoms with Crippen molar-refractivity contribution in [1.82, 2.24) is 25.5 Å². The molecular formula is C15H18BrN5O3. The number of benzene rings is 1. The highest BCUT2D eigenvalue weighted by Crippen LogP contribution is 2.20. The summed E-state index contributed by atoms with van der Waals surface area (Å²) in [5, 5.41) is 13.7. The van der Waals surface area contributed by atoms with Gasteiger partial charge in [0.2, 0.25) is 0 Å². The summed E-state index contributed by atoms with van der Waals surface area (Å²) >= 11 is 3.35. The fourth-order valence-electron chi connectivity index (χ4n) is 2.18. The van der Waals surface area contributed by atoms with Crippen molar-refractivity contribution in [1.29, 1.82) is 0 Å². The first-order valence-corrected chi connectivity index (χ1v) is 8.18. The molecular weight excluding hydrogens is 378 g/mol. The maximum absolute atomic E-state index is 12.7. The van der Waals surface area contributed by atoms with E-state index in [0.29, 0.717) is 11.3 Å². The SMILES string of the molecule is CC[C@@H](C)[C@H](NC(=O)c1cc(Br)ccc1-n1cnnn1)C(=O)OC. The van der Waals surface area contributed by atoms with Crippen LogP contribution in [0.15, 0.2) is 29.0 Å². The predicted octanol–water partition coefficient (Wildman–Crippen LogP) is 1.74. The monoisotopic (exact) mass is 395 g/mol. The van der Waals surface area contributed by atoms with E-state index < -0.39 is 17.9 Å². The molecule has 2 rings (SSSR count). The molecule has 0 radical (unpaired) electrons. The molecule has 0 unspecified atom stereocenters. The van der Waals surface area contributed by atoms with E-state index in [-0.39, 0.29) is 5.92 Å². The van der Waals surface area contributed by atoms with E-state index in [1.165, 1.54) is 18.1 Å². The lowest BCUT2D eigenvalue weighted by Crippen LogP contribution is -2.45. The fourth-order valence-corrected chi connectivity index (χ4v) is 2.54. The number of carbonyl (C=O) groups excluding carboxylic acids is 2. The lowest BCUT2D eigenvalue weighted by atomic mass is 9.98. The van der Waals surface area contributed by atoms with Gasteiger partial charge in [0.25, 0.3) is 5.91 Å². The van der Waals surface area contributed by atoms with Crippen LogP contribution in [0.25, 0.3) is 5.69 Å². The van der Waals surface area contributed by atoms with Crippen LogP contribution in [0.5, 0.6) is 0 Å². The highest BCUT2D eigenvalue weighted by atomic mass is 79.9. The van der Waals surface area contributed by atoms with Crippen LogP contribution in [0.2, 0.25) is 0 Å². The second kappa shape index (κ2) is 8.00. The molecule has 0 bridgehead atoms. The molecule has 1 heterocycles. The topological polar surface area (TPSA) is 99.0 Å². The molecule has 128 valence electrons. The first-order valence-electron chi connectivity index (χ1n) is 7.39. The van der Waals surface area contributed by atoms with Crippen molar-refractivity contribution in [3.63, 3.8) is 0 Å². The van der Waals surface area contributed by atoms with Gasteiger partial charge in [0.15, 0.2) is 0 Å². The number of halogens is 1. The van der Waals surface area contributed by atoms with Gasteiger partial charge < -0.3 is 10.1 Å². The zero-order valence-corrected chi connectivity index (χ0v) is 15.1. The molecule has 1 N–H and O–H groups in total. The third kappa shape index (κ3) is 3.97. The van der Waals surface area contributed by atoms with Crippen LogP contribution < -0.4 is 5.32 Å². The lowest BCUT2D eigenvalue weighted by molar-refractivity contribution is -0.144. The third-order valence-electron chi connectivity index (χ3n) is 3.75. The Hall–Kier alpha value is -2.29. The molecule has 0 aliphatic rings. The molecule has 1 aromatic carbocycles. The van der Waals surface area contributed by atoms with Crippen molar-refractivity contribution in [2.24, 2.45) is 5.92 Å². The number of tetrazole rings is 1. The Kier molecular flexibility index (Phi) is 6.02. The molecule has 0 saturated carbocycles. The molecule has 0 aliphatic carbocycles. The van der Waals surface area contributed by atoms with E-state index >= 15 is 0 Å². The molecule has 2 atom stereocenters. The maximum Gasteiger partial charge on any atom is 0.328 e. The molecule has 0 fully saturated rings. The highest BCUT2D eigenvalue weighted by Gasteiger charge is 2.28. The molecule has 2 aromatic rings. The summed E-state index contributed by atoms with van der Waals surface area (Å²) in [6, 6.07) is 4.41. The van der Waals surface area contributed by atoms with Crippen LogP contribution >= 0.6 is 15.9 Å². The minimum Gasteiger partial charge on any atom is -0.467 e. The average Bonchev–Trinajstić information content (AvgIpc) is 3.12. The fraction of sp³-hybridized carbons (Fsp3) is 0.400. The number of rotatable bonds is 6. The Labute approximate surface area is 147 Å². The van der Waals surface area contributed by atoms with Gasteiger partial charge in [-0.05, 0) is 34.5 Å². The lowest BCUT2D eigenvalue weighted by Gasteiger charge is -2.22. The van der Waals surface area contributed by atoms with Gasteiger partial charge in [-0.2, -0.15) is 4.68 Å². The molecule has 0 spiro atoms. The normalized spacial score (nSPS) is 13.2. The van der Waals surface area contributed by atoms with E-state index in [4.69, 9.17) is 4.74 Å². The molecule has 8 nitrogen and oxygen atoms in total. The summed E-state index contributed by atoms with van der Waals surface area (Å²) in [5.74, 6) is -0.945. The Morgan fingerprint density at radius 1 is 1.42 bits per heavy atom. The number of hydrogen-bond acceptors (Lipinski definition) is 6. The molecule has 0 saturated heterocycles.